The number of hydrogen-bond acceptors (Lipinski definition) is 7. The molecule has 1 aliphatic heterocycles. The second-order valence-electron chi connectivity index (χ2n) is 7.08. The largest absolute Gasteiger partial charge is 0.444 e. The summed E-state index contributed by atoms with van der Waals surface area (Å²) in [5, 5.41) is 0. The van der Waals surface area contributed by atoms with Gasteiger partial charge < -0.3 is 14.5 Å². The smallest absolute Gasteiger partial charge is 0.410 e. The molecule has 0 aliphatic carbocycles. The van der Waals surface area contributed by atoms with Crippen molar-refractivity contribution in [3.05, 3.63) is 18.2 Å². The molecule has 0 aromatic heterocycles. The van der Waals surface area contributed by atoms with E-state index in [2.05, 4.69) is 4.99 Å². The van der Waals surface area contributed by atoms with Crippen LogP contribution in [0, 0.1) is 0 Å². The molecule has 0 radical (unpaired) electrons. The number of ether oxygens (including phenoxy) is 1. The standard InChI is InChI=1S/C17H23N3O5S/c1-17(2,3)25-16(22)20-9-7-19(8-10-20)15-6-5-13(26(4,23)24)11-14(15)18-12-21/h5-6,11H,7-10H2,1-4H3. The van der Waals surface area contributed by atoms with E-state index in [0.717, 1.165) is 6.26 Å². The number of anilines is 1. The molecule has 1 heterocycles. The zero-order valence-corrected chi connectivity index (χ0v) is 16.2. The first kappa shape index (κ1) is 19.9. The Balaban J connectivity index is 2.16. The van der Waals surface area contributed by atoms with Crippen molar-refractivity contribution < 1.29 is 22.7 Å². The third-order valence-electron chi connectivity index (χ3n) is 3.81. The van der Waals surface area contributed by atoms with Crippen LogP contribution in [0.5, 0.6) is 0 Å². The van der Waals surface area contributed by atoms with Crippen LogP contribution in [0.1, 0.15) is 20.8 Å². The number of carbonyl (C=O) groups is 1. The molecule has 1 amide bonds. The van der Waals surface area contributed by atoms with Crippen LogP contribution in [0.3, 0.4) is 0 Å². The number of nitrogens with zero attached hydrogens (tertiary/aromatic N) is 3. The van der Waals surface area contributed by atoms with Crippen LogP contribution < -0.4 is 4.90 Å². The Morgan fingerprint density at radius 3 is 2.31 bits per heavy atom. The molecule has 9 heteroatoms. The molecule has 0 saturated carbocycles. The number of aliphatic imine (C=N–C) groups is 1. The summed E-state index contributed by atoms with van der Waals surface area (Å²) in [7, 11) is -3.41. The van der Waals surface area contributed by atoms with Crippen LogP contribution in [0.2, 0.25) is 0 Å². The molecule has 1 aromatic carbocycles. The van der Waals surface area contributed by atoms with Gasteiger partial charge in [0.1, 0.15) is 11.3 Å². The summed E-state index contributed by atoms with van der Waals surface area (Å²) in [5.74, 6) is 0. The Hall–Kier alpha value is -2.38. The van der Waals surface area contributed by atoms with E-state index < -0.39 is 15.4 Å². The van der Waals surface area contributed by atoms with E-state index in [-0.39, 0.29) is 16.7 Å². The predicted octanol–water partition coefficient (Wildman–Crippen LogP) is 2.11. The summed E-state index contributed by atoms with van der Waals surface area (Å²) in [6.07, 6.45) is 2.19. The molecule has 26 heavy (non-hydrogen) atoms. The molecule has 1 aromatic rings. The van der Waals surface area contributed by atoms with Gasteiger partial charge in [0.15, 0.2) is 9.84 Å². The van der Waals surface area contributed by atoms with Gasteiger partial charge in [-0.05, 0) is 39.0 Å². The highest BCUT2D eigenvalue weighted by atomic mass is 32.2. The number of hydrogen-bond donors (Lipinski definition) is 0. The quantitative estimate of drug-likeness (QED) is 0.588. The Labute approximate surface area is 153 Å². The molecule has 142 valence electrons. The SMILES string of the molecule is CC(C)(C)OC(=O)N1CCN(c2ccc(S(C)(=O)=O)cc2N=C=O)CC1. The Morgan fingerprint density at radius 2 is 1.81 bits per heavy atom. The summed E-state index contributed by atoms with van der Waals surface area (Å²) in [4.78, 5) is 30.1. The van der Waals surface area contributed by atoms with E-state index in [9.17, 15) is 18.0 Å². The molecule has 1 fully saturated rings. The monoisotopic (exact) mass is 381 g/mol. The summed E-state index contributed by atoms with van der Waals surface area (Å²) in [6, 6.07) is 4.46. The van der Waals surface area contributed by atoms with Gasteiger partial charge in [-0.2, -0.15) is 4.99 Å². The van der Waals surface area contributed by atoms with Crippen molar-refractivity contribution in [3.8, 4) is 0 Å². The van der Waals surface area contributed by atoms with Crippen LogP contribution in [0.4, 0.5) is 16.2 Å². The highest BCUT2D eigenvalue weighted by Gasteiger charge is 2.27. The van der Waals surface area contributed by atoms with Gasteiger partial charge in [-0.15, -0.1) is 0 Å². The number of carbonyl (C=O) groups excluding carboxylic acids is 2. The molecule has 1 saturated heterocycles. The van der Waals surface area contributed by atoms with Crippen molar-refractivity contribution in [2.45, 2.75) is 31.3 Å². The summed E-state index contributed by atoms with van der Waals surface area (Å²) >= 11 is 0. The Kier molecular flexibility index (Phi) is 5.73. The normalized spacial score (nSPS) is 15.4. The fourth-order valence-corrected chi connectivity index (χ4v) is 3.24. The predicted molar refractivity (Wildman–Crippen MR) is 97.4 cm³/mol. The van der Waals surface area contributed by atoms with Crippen molar-refractivity contribution in [2.75, 3.05) is 37.3 Å². The van der Waals surface area contributed by atoms with Crippen LogP contribution >= 0.6 is 0 Å². The molecule has 8 nitrogen and oxygen atoms in total. The van der Waals surface area contributed by atoms with E-state index in [1.165, 1.54) is 18.2 Å². The molecule has 0 spiro atoms. The first-order valence-corrected chi connectivity index (χ1v) is 10.1. The fraction of sp³-hybridized carbons (Fsp3) is 0.529. The zero-order chi connectivity index (χ0) is 19.5. The van der Waals surface area contributed by atoms with Crippen molar-refractivity contribution in [1.82, 2.24) is 4.90 Å². The minimum absolute atomic E-state index is 0.0858. The van der Waals surface area contributed by atoms with Gasteiger partial charge >= 0.3 is 6.09 Å². The highest BCUT2D eigenvalue weighted by Crippen LogP contribution is 2.32. The van der Waals surface area contributed by atoms with Gasteiger partial charge in [0.25, 0.3) is 0 Å². The molecule has 1 aliphatic rings. The van der Waals surface area contributed by atoms with Gasteiger partial charge in [-0.25, -0.2) is 18.0 Å². The van der Waals surface area contributed by atoms with Gasteiger partial charge in [0.2, 0.25) is 6.08 Å². The lowest BCUT2D eigenvalue weighted by Crippen LogP contribution is -2.50. The Morgan fingerprint density at radius 1 is 1.19 bits per heavy atom. The first-order valence-electron chi connectivity index (χ1n) is 8.16. The number of sulfone groups is 1. The maximum atomic E-state index is 12.1. The second kappa shape index (κ2) is 7.47. The third kappa shape index (κ3) is 5.06. The molecular formula is C17H23N3O5S. The maximum Gasteiger partial charge on any atom is 0.410 e. The average Bonchev–Trinajstić information content (AvgIpc) is 2.53. The molecule has 0 unspecified atom stereocenters. The molecule has 0 bridgehead atoms. The highest BCUT2D eigenvalue weighted by molar-refractivity contribution is 7.90. The summed E-state index contributed by atoms with van der Waals surface area (Å²) < 4.78 is 28.8. The lowest BCUT2D eigenvalue weighted by atomic mass is 10.2. The number of rotatable bonds is 3. The van der Waals surface area contributed by atoms with E-state index in [1.807, 2.05) is 25.7 Å². The molecule has 0 N–H and O–H groups in total. The topological polar surface area (TPSA) is 96.3 Å². The van der Waals surface area contributed by atoms with Crippen molar-refractivity contribution >= 4 is 33.4 Å². The first-order chi connectivity index (χ1) is 12.0. The minimum atomic E-state index is -3.41. The van der Waals surface area contributed by atoms with E-state index >= 15 is 0 Å². The van der Waals surface area contributed by atoms with Crippen LogP contribution in [-0.4, -0.2) is 63.5 Å². The number of piperazine rings is 1. The van der Waals surface area contributed by atoms with E-state index in [4.69, 9.17) is 4.74 Å². The lowest BCUT2D eigenvalue weighted by molar-refractivity contribution is 0.0240. The molecule has 0 atom stereocenters. The van der Waals surface area contributed by atoms with Crippen LogP contribution in [-0.2, 0) is 19.4 Å². The Bertz CT molecular complexity index is 830. The molecule has 2 rings (SSSR count). The molecular weight excluding hydrogens is 358 g/mol. The average molecular weight is 381 g/mol. The van der Waals surface area contributed by atoms with E-state index in [1.54, 1.807) is 11.0 Å². The van der Waals surface area contributed by atoms with Crippen molar-refractivity contribution in [2.24, 2.45) is 4.99 Å². The lowest BCUT2D eigenvalue weighted by Gasteiger charge is -2.37. The zero-order valence-electron chi connectivity index (χ0n) is 15.4. The minimum Gasteiger partial charge on any atom is -0.444 e. The second-order valence-corrected chi connectivity index (χ2v) is 9.10. The van der Waals surface area contributed by atoms with Crippen LogP contribution in [0.15, 0.2) is 28.1 Å². The number of isocyanates is 1. The number of amides is 1. The van der Waals surface area contributed by atoms with Gasteiger partial charge in [-0.1, -0.05) is 0 Å². The number of benzene rings is 1. The van der Waals surface area contributed by atoms with Gasteiger partial charge in [0.05, 0.1) is 10.6 Å². The van der Waals surface area contributed by atoms with Crippen molar-refractivity contribution in [3.63, 3.8) is 0 Å². The summed E-state index contributed by atoms with van der Waals surface area (Å²) in [5.41, 5.74) is 0.319. The summed E-state index contributed by atoms with van der Waals surface area (Å²) in [6.45, 7) is 7.37. The van der Waals surface area contributed by atoms with Gasteiger partial charge in [0, 0.05) is 32.4 Å². The van der Waals surface area contributed by atoms with Crippen molar-refractivity contribution in [1.29, 1.82) is 0 Å². The van der Waals surface area contributed by atoms with Crippen LogP contribution in [0.25, 0.3) is 0 Å². The van der Waals surface area contributed by atoms with E-state index in [0.29, 0.717) is 31.9 Å². The maximum absolute atomic E-state index is 12.1. The van der Waals surface area contributed by atoms with Gasteiger partial charge in [-0.3, -0.25) is 0 Å². The fourth-order valence-electron chi connectivity index (χ4n) is 2.60. The third-order valence-corrected chi connectivity index (χ3v) is 4.92.